The molecule has 0 bridgehead atoms. The maximum Gasteiger partial charge on any atom is 0.266 e. The van der Waals surface area contributed by atoms with Crippen LogP contribution in [0.4, 0.5) is 0 Å². The molecule has 1 heterocycles. The van der Waals surface area contributed by atoms with Crippen LogP contribution in [0.1, 0.15) is 12.5 Å². The Hall–Kier alpha value is -2.06. The lowest BCUT2D eigenvalue weighted by atomic mass is 10.1. The van der Waals surface area contributed by atoms with Gasteiger partial charge in [0.05, 0.1) is 16.9 Å². The van der Waals surface area contributed by atoms with Gasteiger partial charge in [0.15, 0.2) is 0 Å². The fraction of sp³-hybridized carbons (Fsp3) is 0.154. The molecule has 2 rings (SSSR count). The van der Waals surface area contributed by atoms with E-state index in [0.29, 0.717) is 5.56 Å². The number of hydrogen-bond donors (Lipinski definition) is 2. The smallest absolute Gasteiger partial charge is 0.266 e. The highest BCUT2D eigenvalue weighted by Crippen LogP contribution is 2.35. The summed E-state index contributed by atoms with van der Waals surface area (Å²) < 4.78 is 0.112. The van der Waals surface area contributed by atoms with Crippen LogP contribution in [-0.4, -0.2) is 37.4 Å². The van der Waals surface area contributed by atoms with Gasteiger partial charge in [0.1, 0.15) is 15.8 Å². The van der Waals surface area contributed by atoms with Crippen molar-refractivity contribution in [3.05, 3.63) is 28.7 Å². The van der Waals surface area contributed by atoms with E-state index < -0.39 is 17.9 Å². The van der Waals surface area contributed by atoms with E-state index in [1.165, 1.54) is 25.1 Å². The van der Waals surface area contributed by atoms with E-state index in [1.54, 1.807) is 0 Å². The molecule has 21 heavy (non-hydrogen) atoms. The summed E-state index contributed by atoms with van der Waals surface area (Å²) in [6, 6.07) is 2.75. The lowest BCUT2D eigenvalue weighted by Crippen LogP contribution is -2.48. The average Bonchev–Trinajstić information content (AvgIpc) is 2.67. The van der Waals surface area contributed by atoms with Gasteiger partial charge in [-0.05, 0) is 25.1 Å². The third-order valence-corrected chi connectivity index (χ3v) is 4.18. The number of nitrogens with zero attached hydrogens (tertiary/aromatic N) is 1. The van der Waals surface area contributed by atoms with Gasteiger partial charge in [0.2, 0.25) is 0 Å². The Balaban J connectivity index is 2.34. The quantitative estimate of drug-likeness (QED) is 0.614. The van der Waals surface area contributed by atoms with E-state index in [9.17, 15) is 24.9 Å². The van der Waals surface area contributed by atoms with E-state index in [1.807, 2.05) is 0 Å². The number of thioether (sulfide) groups is 1. The van der Waals surface area contributed by atoms with E-state index >= 15 is 0 Å². The van der Waals surface area contributed by atoms with Gasteiger partial charge in [-0.25, -0.2) is 0 Å². The normalized spacial score (nSPS) is 18.3. The zero-order chi connectivity index (χ0) is 15.7. The van der Waals surface area contributed by atoms with Crippen molar-refractivity contribution in [1.29, 1.82) is 0 Å². The Morgan fingerprint density at radius 2 is 2.14 bits per heavy atom. The highest BCUT2D eigenvalue weighted by atomic mass is 32.2. The van der Waals surface area contributed by atoms with Crippen LogP contribution in [0.3, 0.4) is 0 Å². The third kappa shape index (κ3) is 3.01. The summed E-state index contributed by atoms with van der Waals surface area (Å²) in [5.74, 6) is -2.27. The SMILES string of the molecule is C[C@H](C(=O)[O-])N1C(=O)/C(=C\c2ccc(O)cc2O)SC1=S. The largest absolute Gasteiger partial charge is 0.548 e. The molecule has 0 unspecified atom stereocenters. The lowest BCUT2D eigenvalue weighted by molar-refractivity contribution is -0.309. The molecule has 0 saturated carbocycles. The Morgan fingerprint density at radius 3 is 2.71 bits per heavy atom. The number of phenols is 2. The first kappa shape index (κ1) is 15.3. The molecule has 110 valence electrons. The second-order valence-electron chi connectivity index (χ2n) is 4.29. The minimum Gasteiger partial charge on any atom is -0.548 e. The predicted molar refractivity (Wildman–Crippen MR) is 79.3 cm³/mol. The summed E-state index contributed by atoms with van der Waals surface area (Å²) in [4.78, 5) is 24.2. The van der Waals surface area contributed by atoms with Gasteiger partial charge in [-0.15, -0.1) is 0 Å². The molecule has 1 fully saturated rings. The first-order valence-electron chi connectivity index (χ1n) is 5.81. The van der Waals surface area contributed by atoms with Gasteiger partial charge < -0.3 is 20.1 Å². The topological polar surface area (TPSA) is 101 Å². The molecule has 1 saturated heterocycles. The first-order chi connectivity index (χ1) is 9.81. The first-order valence-corrected chi connectivity index (χ1v) is 7.03. The maximum atomic E-state index is 12.2. The molecule has 0 spiro atoms. The number of hydrogen-bond acceptors (Lipinski definition) is 7. The molecule has 1 aromatic carbocycles. The van der Waals surface area contributed by atoms with Crippen LogP contribution < -0.4 is 5.11 Å². The number of amides is 1. The van der Waals surface area contributed by atoms with Crippen LogP contribution in [0.15, 0.2) is 23.1 Å². The number of thiocarbonyl (C=S) groups is 1. The average molecular weight is 324 g/mol. The number of aliphatic carboxylic acids is 1. The highest BCUT2D eigenvalue weighted by molar-refractivity contribution is 8.26. The van der Waals surface area contributed by atoms with Crippen molar-refractivity contribution < 1.29 is 24.9 Å². The lowest BCUT2D eigenvalue weighted by Gasteiger charge is -2.23. The molecule has 1 aliphatic heterocycles. The predicted octanol–water partition coefficient (Wildman–Crippen LogP) is 0.437. The molecule has 6 nitrogen and oxygen atoms in total. The fourth-order valence-corrected chi connectivity index (χ4v) is 3.12. The van der Waals surface area contributed by atoms with Gasteiger partial charge in [-0.1, -0.05) is 24.0 Å². The standard InChI is InChI=1S/C13H11NO5S2/c1-6(12(18)19)14-11(17)10(21-13(14)20)4-7-2-3-8(15)5-9(7)16/h2-6,15-16H,1H3,(H,18,19)/p-1/b10-4+/t6-/m1/s1. The van der Waals surface area contributed by atoms with Crippen molar-refractivity contribution >= 4 is 46.3 Å². The van der Waals surface area contributed by atoms with Gasteiger partial charge in [-0.3, -0.25) is 9.69 Å². The van der Waals surface area contributed by atoms with Crippen molar-refractivity contribution in [2.75, 3.05) is 0 Å². The summed E-state index contributed by atoms with van der Waals surface area (Å²) in [5, 5.41) is 29.8. The molecule has 1 atom stereocenters. The molecule has 2 N–H and O–H groups in total. The van der Waals surface area contributed by atoms with Crippen LogP contribution in [-0.2, 0) is 9.59 Å². The Morgan fingerprint density at radius 1 is 1.48 bits per heavy atom. The number of aromatic hydroxyl groups is 2. The van der Waals surface area contributed by atoms with Crippen molar-refractivity contribution in [3.63, 3.8) is 0 Å². The van der Waals surface area contributed by atoms with E-state index in [2.05, 4.69) is 0 Å². The number of benzene rings is 1. The highest BCUT2D eigenvalue weighted by Gasteiger charge is 2.35. The molecule has 0 radical (unpaired) electrons. The van der Waals surface area contributed by atoms with Gasteiger partial charge >= 0.3 is 0 Å². The van der Waals surface area contributed by atoms with Crippen LogP contribution in [0.25, 0.3) is 6.08 Å². The summed E-state index contributed by atoms with van der Waals surface area (Å²) >= 11 is 5.93. The summed E-state index contributed by atoms with van der Waals surface area (Å²) in [5.41, 5.74) is 0.314. The molecule has 1 amide bonds. The maximum absolute atomic E-state index is 12.2. The van der Waals surface area contributed by atoms with E-state index in [4.69, 9.17) is 12.2 Å². The number of phenolic OH excluding ortho intramolecular Hbond substituents is 2. The van der Waals surface area contributed by atoms with Crippen LogP contribution >= 0.6 is 24.0 Å². The number of carbonyl (C=O) groups excluding carboxylic acids is 2. The zero-order valence-electron chi connectivity index (χ0n) is 10.8. The molecule has 1 aromatic rings. The van der Waals surface area contributed by atoms with Crippen LogP contribution in [0.5, 0.6) is 11.5 Å². The Labute approximate surface area is 129 Å². The van der Waals surface area contributed by atoms with Crippen molar-refractivity contribution in [3.8, 4) is 11.5 Å². The van der Waals surface area contributed by atoms with Crippen LogP contribution in [0.2, 0.25) is 0 Å². The van der Waals surface area contributed by atoms with Gasteiger partial charge in [-0.2, -0.15) is 0 Å². The second-order valence-corrected chi connectivity index (χ2v) is 5.97. The minimum absolute atomic E-state index is 0.109. The molecule has 8 heteroatoms. The second kappa shape index (κ2) is 5.74. The van der Waals surface area contributed by atoms with E-state index in [0.717, 1.165) is 22.7 Å². The third-order valence-electron chi connectivity index (χ3n) is 2.85. The summed E-state index contributed by atoms with van der Waals surface area (Å²) in [6.07, 6.45) is 1.38. The number of carbonyl (C=O) groups is 2. The van der Waals surface area contributed by atoms with Crippen LogP contribution in [0, 0.1) is 0 Å². The van der Waals surface area contributed by atoms with Gasteiger partial charge in [0, 0.05) is 11.6 Å². The number of carboxylic acids is 1. The van der Waals surface area contributed by atoms with Crippen molar-refractivity contribution in [1.82, 2.24) is 4.90 Å². The van der Waals surface area contributed by atoms with Gasteiger partial charge in [0.25, 0.3) is 5.91 Å². The van der Waals surface area contributed by atoms with E-state index in [-0.39, 0.29) is 20.7 Å². The fourth-order valence-electron chi connectivity index (χ4n) is 1.71. The molecule has 0 aliphatic carbocycles. The monoisotopic (exact) mass is 324 g/mol. The zero-order valence-corrected chi connectivity index (χ0v) is 12.4. The summed E-state index contributed by atoms with van der Waals surface area (Å²) in [6.45, 7) is 1.31. The van der Waals surface area contributed by atoms with Crippen molar-refractivity contribution in [2.24, 2.45) is 0 Å². The summed E-state index contributed by atoms with van der Waals surface area (Å²) in [7, 11) is 0. The molecule has 0 aromatic heterocycles. The molecule has 1 aliphatic rings. The Kier molecular flexibility index (Phi) is 4.19. The number of carboxylic acid groups (broad SMARTS) is 1. The van der Waals surface area contributed by atoms with Crippen molar-refractivity contribution in [2.45, 2.75) is 13.0 Å². The minimum atomic E-state index is -1.40. The Bertz CT molecular complexity index is 671. The molecular formula is C13H10NO5S2-. The molecular weight excluding hydrogens is 314 g/mol. The number of rotatable bonds is 3.